The molecule has 1 amide bonds. The molecule has 0 saturated carbocycles. The van der Waals surface area contributed by atoms with Crippen LogP contribution in [0.1, 0.15) is 49.7 Å². The number of carbonyl (C=O) groups is 1. The van der Waals surface area contributed by atoms with Crippen LogP contribution in [0, 0.1) is 5.92 Å². The molecule has 3 rings (SSSR count). The highest BCUT2D eigenvalue weighted by Crippen LogP contribution is 2.32. The van der Waals surface area contributed by atoms with Crippen LogP contribution in [0.25, 0.3) is 0 Å². The van der Waals surface area contributed by atoms with Gasteiger partial charge in [-0.25, -0.2) is 4.98 Å². The Morgan fingerprint density at radius 3 is 2.64 bits per heavy atom. The Morgan fingerprint density at radius 1 is 1.36 bits per heavy atom. The number of halogens is 2. The van der Waals surface area contributed by atoms with Crippen LogP contribution in [0.2, 0.25) is 0 Å². The average molecular weight is 366 g/mol. The number of thiazole rings is 1. The maximum atomic E-state index is 12.0. The Balaban J connectivity index is 0.00000121. The molecule has 2 N–H and O–H groups in total. The topological polar surface area (TPSA) is 54.0 Å². The first-order valence-corrected chi connectivity index (χ1v) is 8.57. The number of hydrogen-bond donors (Lipinski definition) is 2. The van der Waals surface area contributed by atoms with Crippen molar-refractivity contribution in [3.63, 3.8) is 0 Å². The van der Waals surface area contributed by atoms with Gasteiger partial charge in [0, 0.05) is 23.9 Å². The molecule has 1 aromatic heterocycles. The normalized spacial score (nSPS) is 26.0. The van der Waals surface area contributed by atoms with E-state index in [1.54, 1.807) is 11.3 Å². The Morgan fingerprint density at radius 2 is 2.05 bits per heavy atom. The van der Waals surface area contributed by atoms with Crippen LogP contribution in [0.15, 0.2) is 5.38 Å². The van der Waals surface area contributed by atoms with Gasteiger partial charge in [0.05, 0.1) is 17.2 Å². The van der Waals surface area contributed by atoms with Gasteiger partial charge in [0.1, 0.15) is 0 Å². The lowest BCUT2D eigenvalue weighted by molar-refractivity contribution is -0.122. The predicted molar refractivity (Wildman–Crippen MR) is 95.1 cm³/mol. The van der Waals surface area contributed by atoms with E-state index in [2.05, 4.69) is 22.5 Å². The summed E-state index contributed by atoms with van der Waals surface area (Å²) >= 11 is 1.68. The average Bonchev–Trinajstić information content (AvgIpc) is 3.03. The molecule has 2 aliphatic rings. The first kappa shape index (κ1) is 19.7. The number of aromatic nitrogens is 1. The van der Waals surface area contributed by atoms with Crippen molar-refractivity contribution in [2.24, 2.45) is 5.92 Å². The molecule has 0 radical (unpaired) electrons. The zero-order valence-electron chi connectivity index (χ0n) is 12.8. The number of piperidine rings is 1. The van der Waals surface area contributed by atoms with Crippen LogP contribution in [0.5, 0.6) is 0 Å². The minimum absolute atomic E-state index is 0. The molecule has 1 aromatic rings. The molecule has 2 bridgehead atoms. The first-order valence-electron chi connectivity index (χ1n) is 7.69. The van der Waals surface area contributed by atoms with Gasteiger partial charge in [-0.3, -0.25) is 4.79 Å². The molecular weight excluding hydrogens is 341 g/mol. The molecule has 2 atom stereocenters. The molecule has 0 aliphatic carbocycles. The Hall–Kier alpha value is -0.360. The van der Waals surface area contributed by atoms with E-state index in [9.17, 15) is 4.79 Å². The second kappa shape index (κ2) is 9.06. The van der Waals surface area contributed by atoms with Crippen molar-refractivity contribution in [2.45, 2.75) is 64.1 Å². The fourth-order valence-electron chi connectivity index (χ4n) is 3.46. The minimum atomic E-state index is 0. The summed E-state index contributed by atoms with van der Waals surface area (Å²) in [5.41, 5.74) is 0.991. The molecule has 0 spiro atoms. The van der Waals surface area contributed by atoms with E-state index in [0.717, 1.165) is 17.1 Å². The zero-order chi connectivity index (χ0) is 13.9. The highest BCUT2D eigenvalue weighted by molar-refractivity contribution is 7.09. The van der Waals surface area contributed by atoms with Crippen molar-refractivity contribution in [3.05, 3.63) is 16.1 Å². The fourth-order valence-corrected chi connectivity index (χ4v) is 4.20. The van der Waals surface area contributed by atoms with Crippen LogP contribution in [-0.4, -0.2) is 23.0 Å². The molecule has 2 aliphatic heterocycles. The lowest BCUT2D eigenvalue weighted by Crippen LogP contribution is -2.39. The summed E-state index contributed by atoms with van der Waals surface area (Å²) < 4.78 is 0. The van der Waals surface area contributed by atoms with E-state index >= 15 is 0 Å². The van der Waals surface area contributed by atoms with E-state index < -0.39 is 0 Å². The third kappa shape index (κ3) is 5.08. The number of nitrogens with zero attached hydrogens (tertiary/aromatic N) is 1. The summed E-state index contributed by atoms with van der Waals surface area (Å²) in [7, 11) is 0. The summed E-state index contributed by atoms with van der Waals surface area (Å²) in [5.74, 6) is 0.748. The maximum Gasteiger partial charge on any atom is 0.220 e. The zero-order valence-corrected chi connectivity index (χ0v) is 15.3. The van der Waals surface area contributed by atoms with E-state index in [0.29, 0.717) is 31.0 Å². The van der Waals surface area contributed by atoms with E-state index in [4.69, 9.17) is 0 Å². The van der Waals surface area contributed by atoms with E-state index in [1.807, 2.05) is 5.38 Å². The molecule has 0 aromatic carbocycles. The second-order valence-corrected chi connectivity index (χ2v) is 6.98. The van der Waals surface area contributed by atoms with E-state index in [-0.39, 0.29) is 30.7 Å². The Labute approximate surface area is 148 Å². The minimum Gasteiger partial charge on any atom is -0.350 e. The Bertz CT molecular complexity index is 471. The number of hydrogen-bond acceptors (Lipinski definition) is 4. The van der Waals surface area contributed by atoms with Crippen molar-refractivity contribution in [1.29, 1.82) is 0 Å². The number of amides is 1. The SMILES string of the molecule is CCc1nc(CNC(=O)CC2CC3CCC(C2)N3)cs1.Cl.Cl. The molecule has 3 heterocycles. The van der Waals surface area contributed by atoms with Crippen LogP contribution in [0.3, 0.4) is 0 Å². The number of aryl methyl sites for hydroxylation is 1. The smallest absolute Gasteiger partial charge is 0.220 e. The second-order valence-electron chi connectivity index (χ2n) is 6.04. The molecular formula is C15H25Cl2N3OS. The number of fused-ring (bicyclic) bond motifs is 2. The quantitative estimate of drug-likeness (QED) is 0.842. The predicted octanol–water partition coefficient (Wildman–Crippen LogP) is 3.09. The summed E-state index contributed by atoms with van der Waals surface area (Å²) in [6.07, 6.45) is 6.57. The van der Waals surface area contributed by atoms with Crippen molar-refractivity contribution < 1.29 is 4.79 Å². The van der Waals surface area contributed by atoms with Gasteiger partial charge in [-0.2, -0.15) is 0 Å². The number of nitrogens with one attached hydrogen (secondary N) is 2. The van der Waals surface area contributed by atoms with Gasteiger partial charge >= 0.3 is 0 Å². The lowest BCUT2D eigenvalue weighted by Gasteiger charge is -2.28. The van der Waals surface area contributed by atoms with Gasteiger partial charge in [0.2, 0.25) is 5.91 Å². The Kier molecular flexibility index (Phi) is 8.11. The van der Waals surface area contributed by atoms with Gasteiger partial charge in [0.25, 0.3) is 0 Å². The monoisotopic (exact) mass is 365 g/mol. The third-order valence-corrected chi connectivity index (χ3v) is 5.46. The number of rotatable bonds is 5. The van der Waals surface area contributed by atoms with E-state index in [1.165, 1.54) is 25.7 Å². The molecule has 126 valence electrons. The molecule has 22 heavy (non-hydrogen) atoms. The van der Waals surface area contributed by atoms with Gasteiger partial charge < -0.3 is 10.6 Å². The van der Waals surface area contributed by atoms with Crippen LogP contribution < -0.4 is 10.6 Å². The maximum absolute atomic E-state index is 12.0. The van der Waals surface area contributed by atoms with Gasteiger partial charge in [-0.05, 0) is 38.0 Å². The number of carbonyl (C=O) groups excluding carboxylic acids is 1. The largest absolute Gasteiger partial charge is 0.350 e. The van der Waals surface area contributed by atoms with Gasteiger partial charge in [-0.15, -0.1) is 36.2 Å². The van der Waals surface area contributed by atoms with Crippen molar-refractivity contribution >= 4 is 42.1 Å². The lowest BCUT2D eigenvalue weighted by atomic mass is 9.89. The van der Waals surface area contributed by atoms with Crippen LogP contribution in [-0.2, 0) is 17.8 Å². The molecule has 4 nitrogen and oxygen atoms in total. The summed E-state index contributed by atoms with van der Waals surface area (Å²) in [6, 6.07) is 1.33. The van der Waals surface area contributed by atoms with Crippen molar-refractivity contribution in [2.75, 3.05) is 0 Å². The molecule has 7 heteroatoms. The summed E-state index contributed by atoms with van der Waals surface area (Å²) in [6.45, 7) is 2.68. The standard InChI is InChI=1S/C15H23N3OS.2ClH/c1-2-15-18-13(9-20-15)8-16-14(19)7-10-5-11-3-4-12(6-10)17-11;;/h9-12,17H,2-8H2,1H3,(H,16,19);2*1H. The molecule has 2 saturated heterocycles. The van der Waals surface area contributed by atoms with Crippen LogP contribution >= 0.6 is 36.2 Å². The van der Waals surface area contributed by atoms with Crippen LogP contribution in [0.4, 0.5) is 0 Å². The van der Waals surface area contributed by atoms with Crippen molar-refractivity contribution in [1.82, 2.24) is 15.6 Å². The highest BCUT2D eigenvalue weighted by atomic mass is 35.5. The summed E-state index contributed by atoms with van der Waals surface area (Å²) in [5, 5.41) is 9.83. The first-order chi connectivity index (χ1) is 9.72. The molecule has 2 fully saturated rings. The third-order valence-electron chi connectivity index (χ3n) is 4.41. The highest BCUT2D eigenvalue weighted by Gasteiger charge is 2.34. The van der Waals surface area contributed by atoms with Gasteiger partial charge in [0.15, 0.2) is 0 Å². The van der Waals surface area contributed by atoms with Gasteiger partial charge in [-0.1, -0.05) is 6.92 Å². The molecule has 2 unspecified atom stereocenters. The summed E-state index contributed by atoms with van der Waals surface area (Å²) in [4.78, 5) is 16.5. The van der Waals surface area contributed by atoms with Crippen molar-refractivity contribution in [3.8, 4) is 0 Å². The fraction of sp³-hybridized carbons (Fsp3) is 0.733.